The van der Waals surface area contributed by atoms with Gasteiger partial charge in [-0.05, 0) is 29.8 Å². The lowest BCUT2D eigenvalue weighted by molar-refractivity contribution is 0.281. The number of aliphatic hydroxyl groups is 1. The van der Waals surface area contributed by atoms with Crippen LogP contribution in [0.1, 0.15) is 5.56 Å². The third kappa shape index (κ3) is 3.34. The van der Waals surface area contributed by atoms with Crippen molar-refractivity contribution in [2.75, 3.05) is 4.72 Å². The summed E-state index contributed by atoms with van der Waals surface area (Å²) in [6, 6.07) is 5.47. The van der Waals surface area contributed by atoms with Gasteiger partial charge in [-0.1, -0.05) is 6.07 Å². The van der Waals surface area contributed by atoms with Gasteiger partial charge in [-0.25, -0.2) is 21.6 Å². The van der Waals surface area contributed by atoms with Crippen molar-refractivity contribution in [1.82, 2.24) is 0 Å². The van der Waals surface area contributed by atoms with E-state index in [0.717, 1.165) is 24.3 Å². The van der Waals surface area contributed by atoms with Crippen LogP contribution in [0.3, 0.4) is 0 Å². The van der Waals surface area contributed by atoms with E-state index in [2.05, 4.69) is 0 Å². The molecule has 2 aromatic carbocycles. The molecule has 2 N–H and O–H groups in total. The number of aliphatic hydroxyl groups excluding tert-OH is 1. The van der Waals surface area contributed by atoms with Crippen LogP contribution in [0.4, 0.5) is 18.9 Å². The number of rotatable bonds is 4. The summed E-state index contributed by atoms with van der Waals surface area (Å²) in [5, 5.41) is 8.95. The fourth-order valence-electron chi connectivity index (χ4n) is 1.62. The third-order valence-corrected chi connectivity index (χ3v) is 4.04. The molecule has 0 heterocycles. The molecule has 4 nitrogen and oxygen atoms in total. The number of nitrogens with one attached hydrogen (secondary N) is 1. The summed E-state index contributed by atoms with van der Waals surface area (Å²) in [6.07, 6.45) is 0. The average Bonchev–Trinajstić information content (AvgIpc) is 2.43. The van der Waals surface area contributed by atoms with Crippen LogP contribution in [0.15, 0.2) is 41.3 Å². The molecule has 0 fully saturated rings. The van der Waals surface area contributed by atoms with E-state index in [-0.39, 0.29) is 11.3 Å². The summed E-state index contributed by atoms with van der Waals surface area (Å²) in [7, 11) is -4.33. The third-order valence-electron chi connectivity index (χ3n) is 2.64. The van der Waals surface area contributed by atoms with Gasteiger partial charge < -0.3 is 5.11 Å². The summed E-state index contributed by atoms with van der Waals surface area (Å²) in [5.74, 6) is -3.39. The van der Waals surface area contributed by atoms with E-state index in [0.29, 0.717) is 6.07 Å². The van der Waals surface area contributed by atoms with E-state index in [4.69, 9.17) is 5.11 Å². The second kappa shape index (κ2) is 5.74. The molecular weight excluding hydrogens is 307 g/mol. The van der Waals surface area contributed by atoms with Gasteiger partial charge in [-0.15, -0.1) is 0 Å². The molecule has 21 heavy (non-hydrogen) atoms. The molecule has 0 aliphatic carbocycles. The van der Waals surface area contributed by atoms with E-state index >= 15 is 0 Å². The normalized spacial score (nSPS) is 11.4. The monoisotopic (exact) mass is 317 g/mol. The summed E-state index contributed by atoms with van der Waals surface area (Å²) in [4.78, 5) is -0.696. The second-order valence-electron chi connectivity index (χ2n) is 4.16. The largest absolute Gasteiger partial charge is 0.392 e. The number of anilines is 1. The summed E-state index contributed by atoms with van der Waals surface area (Å²) in [6.45, 7) is -0.464. The minimum absolute atomic E-state index is 0.196. The van der Waals surface area contributed by atoms with Crippen LogP contribution in [0.25, 0.3) is 0 Å². The smallest absolute Gasteiger partial charge is 0.264 e. The van der Waals surface area contributed by atoms with E-state index < -0.39 is 39.0 Å². The molecule has 0 saturated carbocycles. The van der Waals surface area contributed by atoms with Crippen LogP contribution in [-0.4, -0.2) is 13.5 Å². The van der Waals surface area contributed by atoms with Crippen LogP contribution in [0.2, 0.25) is 0 Å². The van der Waals surface area contributed by atoms with Crippen LogP contribution in [-0.2, 0) is 16.6 Å². The summed E-state index contributed by atoms with van der Waals surface area (Å²) >= 11 is 0. The molecule has 0 aliphatic rings. The minimum atomic E-state index is -4.33. The predicted octanol–water partition coefficient (Wildman–Crippen LogP) is 2.40. The van der Waals surface area contributed by atoms with Gasteiger partial charge in [0.1, 0.15) is 10.7 Å². The molecule has 0 bridgehead atoms. The first-order chi connectivity index (χ1) is 9.83. The van der Waals surface area contributed by atoms with Crippen molar-refractivity contribution in [2.24, 2.45) is 0 Å². The molecule has 2 rings (SSSR count). The lowest BCUT2D eigenvalue weighted by atomic mass is 10.2. The molecular formula is C13H10F3NO3S. The maximum atomic E-state index is 13.6. The first-order valence-electron chi connectivity index (χ1n) is 5.70. The van der Waals surface area contributed by atoms with Gasteiger partial charge in [0.2, 0.25) is 0 Å². The highest BCUT2D eigenvalue weighted by molar-refractivity contribution is 7.92. The topological polar surface area (TPSA) is 66.4 Å². The predicted molar refractivity (Wildman–Crippen MR) is 69.5 cm³/mol. The Morgan fingerprint density at radius 1 is 0.952 bits per heavy atom. The molecule has 0 aliphatic heterocycles. The molecule has 0 radical (unpaired) electrons. The lowest BCUT2D eigenvalue weighted by Crippen LogP contribution is -2.15. The number of sulfonamides is 1. The lowest BCUT2D eigenvalue weighted by Gasteiger charge is -2.10. The fourth-order valence-corrected chi connectivity index (χ4v) is 2.80. The Bertz CT molecular complexity index is 778. The Kier molecular flexibility index (Phi) is 4.19. The Balaban J connectivity index is 2.40. The van der Waals surface area contributed by atoms with Crippen molar-refractivity contribution in [3.8, 4) is 0 Å². The first-order valence-corrected chi connectivity index (χ1v) is 7.19. The molecule has 0 saturated heterocycles. The number of hydrogen-bond donors (Lipinski definition) is 2. The molecule has 0 unspecified atom stereocenters. The number of hydrogen-bond acceptors (Lipinski definition) is 3. The van der Waals surface area contributed by atoms with Crippen LogP contribution < -0.4 is 4.72 Å². The van der Waals surface area contributed by atoms with Crippen molar-refractivity contribution in [1.29, 1.82) is 0 Å². The maximum absolute atomic E-state index is 13.6. The van der Waals surface area contributed by atoms with Gasteiger partial charge in [0.05, 0.1) is 12.3 Å². The Morgan fingerprint density at radius 3 is 2.24 bits per heavy atom. The van der Waals surface area contributed by atoms with Gasteiger partial charge in [-0.3, -0.25) is 4.72 Å². The standard InChI is InChI=1S/C13H10F3NO3S/c14-10-4-2-9(6-12(10)16)17-21(19,20)13-5-8(7-18)1-3-11(13)15/h1-6,17-18H,7H2. The zero-order valence-electron chi connectivity index (χ0n) is 10.5. The molecule has 0 atom stereocenters. The SMILES string of the molecule is O=S(=O)(Nc1ccc(F)c(F)c1)c1cc(CO)ccc1F. The number of benzene rings is 2. The Morgan fingerprint density at radius 2 is 1.62 bits per heavy atom. The van der Waals surface area contributed by atoms with Crippen molar-refractivity contribution in [3.05, 3.63) is 59.4 Å². The Labute approximate surface area is 118 Å². The van der Waals surface area contributed by atoms with Crippen molar-refractivity contribution in [3.63, 3.8) is 0 Å². The highest BCUT2D eigenvalue weighted by atomic mass is 32.2. The van der Waals surface area contributed by atoms with E-state index in [1.165, 1.54) is 6.07 Å². The molecule has 0 amide bonds. The quantitative estimate of drug-likeness (QED) is 0.910. The second-order valence-corrected chi connectivity index (χ2v) is 5.81. The Hall–Kier alpha value is -2.06. The van der Waals surface area contributed by atoms with Gasteiger partial charge in [0.15, 0.2) is 11.6 Å². The zero-order chi connectivity index (χ0) is 15.6. The summed E-state index contributed by atoms with van der Waals surface area (Å²) < 4.78 is 65.4. The van der Waals surface area contributed by atoms with Gasteiger partial charge in [0.25, 0.3) is 10.0 Å². The minimum Gasteiger partial charge on any atom is -0.392 e. The van der Waals surface area contributed by atoms with Crippen LogP contribution >= 0.6 is 0 Å². The summed E-state index contributed by atoms with van der Waals surface area (Å²) in [5.41, 5.74) is -0.0511. The highest BCUT2D eigenvalue weighted by Crippen LogP contribution is 2.21. The maximum Gasteiger partial charge on any atom is 0.264 e. The van der Waals surface area contributed by atoms with Crippen molar-refractivity contribution in [2.45, 2.75) is 11.5 Å². The van der Waals surface area contributed by atoms with E-state index in [1.807, 2.05) is 4.72 Å². The van der Waals surface area contributed by atoms with Crippen molar-refractivity contribution < 1.29 is 26.7 Å². The van der Waals surface area contributed by atoms with Gasteiger partial charge >= 0.3 is 0 Å². The highest BCUT2D eigenvalue weighted by Gasteiger charge is 2.20. The van der Waals surface area contributed by atoms with E-state index in [9.17, 15) is 21.6 Å². The van der Waals surface area contributed by atoms with Crippen LogP contribution in [0.5, 0.6) is 0 Å². The van der Waals surface area contributed by atoms with E-state index in [1.54, 1.807) is 0 Å². The fraction of sp³-hybridized carbons (Fsp3) is 0.0769. The molecule has 0 aromatic heterocycles. The number of halogens is 3. The van der Waals surface area contributed by atoms with Crippen LogP contribution in [0, 0.1) is 17.5 Å². The molecule has 0 spiro atoms. The van der Waals surface area contributed by atoms with Crippen molar-refractivity contribution >= 4 is 15.7 Å². The average molecular weight is 317 g/mol. The zero-order valence-corrected chi connectivity index (χ0v) is 11.3. The van der Waals surface area contributed by atoms with Gasteiger partial charge in [0, 0.05) is 6.07 Å². The molecule has 8 heteroatoms. The first kappa shape index (κ1) is 15.3. The molecule has 112 valence electrons. The molecule has 2 aromatic rings. The van der Waals surface area contributed by atoms with Gasteiger partial charge in [-0.2, -0.15) is 0 Å².